The summed E-state index contributed by atoms with van der Waals surface area (Å²) < 4.78 is 0. The first kappa shape index (κ1) is 11.7. The molecule has 0 aromatic heterocycles. The van der Waals surface area contributed by atoms with Gasteiger partial charge in [0.05, 0.1) is 12.5 Å². The van der Waals surface area contributed by atoms with E-state index in [1.165, 1.54) is 0 Å². The van der Waals surface area contributed by atoms with Gasteiger partial charge in [0.15, 0.2) is 0 Å². The molecule has 15 heavy (non-hydrogen) atoms. The van der Waals surface area contributed by atoms with Gasteiger partial charge in [-0.25, -0.2) is 0 Å². The minimum atomic E-state index is -0.826. The lowest BCUT2D eigenvalue weighted by atomic mass is 10.0. The summed E-state index contributed by atoms with van der Waals surface area (Å²) in [6.07, 6.45) is 6.74. The van der Waals surface area contributed by atoms with Crippen LogP contribution in [0.4, 0.5) is 0 Å². The summed E-state index contributed by atoms with van der Waals surface area (Å²) in [6, 6.07) is -0.685. The molecule has 1 rings (SSSR count). The Kier molecular flexibility index (Phi) is 4.30. The monoisotopic (exact) mass is 211 g/mol. The van der Waals surface area contributed by atoms with Gasteiger partial charge in [0, 0.05) is 6.04 Å². The predicted molar refractivity (Wildman–Crippen MR) is 56.7 cm³/mol. The van der Waals surface area contributed by atoms with E-state index in [2.05, 4.69) is 11.4 Å². The Labute approximate surface area is 88.9 Å². The second kappa shape index (κ2) is 5.50. The average molecular weight is 211 g/mol. The zero-order valence-electron chi connectivity index (χ0n) is 8.61. The highest BCUT2D eigenvalue weighted by Gasteiger charge is 2.19. The largest absolute Gasteiger partial charge is 0.370 e. The normalized spacial score (nSPS) is 22.1. The maximum absolute atomic E-state index is 11.5. The molecule has 2 amide bonds. The van der Waals surface area contributed by atoms with Gasteiger partial charge in [0.2, 0.25) is 11.8 Å². The number of amides is 2. The van der Waals surface area contributed by atoms with Crippen LogP contribution in [0.2, 0.25) is 0 Å². The summed E-state index contributed by atoms with van der Waals surface area (Å²) in [7, 11) is 0. The van der Waals surface area contributed by atoms with Crippen LogP contribution in [0.15, 0.2) is 12.2 Å². The number of nitrogens with two attached hydrogens (primary N) is 2. The first-order valence-electron chi connectivity index (χ1n) is 5.09. The molecule has 0 saturated heterocycles. The Balaban J connectivity index is 2.34. The molecule has 0 saturated carbocycles. The van der Waals surface area contributed by atoms with Gasteiger partial charge in [0.1, 0.15) is 0 Å². The van der Waals surface area contributed by atoms with Gasteiger partial charge < -0.3 is 16.8 Å². The molecule has 2 unspecified atom stereocenters. The third-order valence-electron chi connectivity index (χ3n) is 2.37. The maximum atomic E-state index is 11.5. The summed E-state index contributed by atoms with van der Waals surface area (Å²) in [4.78, 5) is 22.0. The van der Waals surface area contributed by atoms with Crippen molar-refractivity contribution in [2.24, 2.45) is 11.5 Å². The van der Waals surface area contributed by atoms with E-state index in [1.54, 1.807) is 0 Å². The van der Waals surface area contributed by atoms with Gasteiger partial charge in [-0.05, 0) is 19.3 Å². The van der Waals surface area contributed by atoms with Gasteiger partial charge in [-0.1, -0.05) is 12.2 Å². The molecule has 1 aliphatic rings. The molecule has 0 bridgehead atoms. The number of rotatable bonds is 4. The maximum Gasteiger partial charge on any atom is 0.237 e. The molecule has 5 heteroatoms. The summed E-state index contributed by atoms with van der Waals surface area (Å²) in [5, 5.41) is 2.80. The van der Waals surface area contributed by atoms with E-state index in [0.29, 0.717) is 0 Å². The first-order valence-corrected chi connectivity index (χ1v) is 5.09. The van der Waals surface area contributed by atoms with Crippen molar-refractivity contribution in [2.75, 3.05) is 0 Å². The van der Waals surface area contributed by atoms with Crippen molar-refractivity contribution in [2.45, 2.75) is 37.8 Å². The smallest absolute Gasteiger partial charge is 0.237 e. The van der Waals surface area contributed by atoms with Crippen LogP contribution in [0.3, 0.4) is 0 Å². The van der Waals surface area contributed by atoms with Crippen molar-refractivity contribution < 1.29 is 9.59 Å². The van der Waals surface area contributed by atoms with Crippen molar-refractivity contribution in [1.82, 2.24) is 5.32 Å². The third-order valence-corrected chi connectivity index (χ3v) is 2.37. The van der Waals surface area contributed by atoms with Crippen LogP contribution in [-0.4, -0.2) is 23.9 Å². The molecule has 2 atom stereocenters. The lowest BCUT2D eigenvalue weighted by Gasteiger charge is -2.21. The van der Waals surface area contributed by atoms with Crippen LogP contribution in [0.1, 0.15) is 25.7 Å². The highest BCUT2D eigenvalue weighted by molar-refractivity contribution is 5.87. The molecule has 0 spiro atoms. The summed E-state index contributed by atoms with van der Waals surface area (Å²) in [5.74, 6) is -0.852. The molecular weight excluding hydrogens is 194 g/mol. The zero-order valence-corrected chi connectivity index (χ0v) is 8.61. The van der Waals surface area contributed by atoms with E-state index in [-0.39, 0.29) is 18.4 Å². The van der Waals surface area contributed by atoms with Gasteiger partial charge in [-0.2, -0.15) is 0 Å². The number of nitrogens with one attached hydrogen (secondary N) is 1. The second-order valence-electron chi connectivity index (χ2n) is 3.77. The Morgan fingerprint density at radius 1 is 1.47 bits per heavy atom. The van der Waals surface area contributed by atoms with E-state index in [0.717, 1.165) is 19.3 Å². The van der Waals surface area contributed by atoms with E-state index in [4.69, 9.17) is 11.5 Å². The van der Waals surface area contributed by atoms with Gasteiger partial charge in [-0.3, -0.25) is 9.59 Å². The number of allylic oxidation sites excluding steroid dienone is 1. The molecular formula is C10H17N3O2. The van der Waals surface area contributed by atoms with Crippen molar-refractivity contribution in [3.63, 3.8) is 0 Å². The molecule has 84 valence electrons. The molecule has 0 aliphatic heterocycles. The molecule has 0 aromatic rings. The second-order valence-corrected chi connectivity index (χ2v) is 3.77. The number of hydrogen-bond acceptors (Lipinski definition) is 3. The Hall–Kier alpha value is -1.36. The predicted octanol–water partition coefficient (Wildman–Crippen LogP) is -0.586. The fourth-order valence-electron chi connectivity index (χ4n) is 1.54. The fourth-order valence-corrected chi connectivity index (χ4v) is 1.54. The number of hydrogen-bond donors (Lipinski definition) is 3. The van der Waals surface area contributed by atoms with E-state index in [1.807, 2.05) is 6.08 Å². The van der Waals surface area contributed by atoms with Crippen molar-refractivity contribution in [1.29, 1.82) is 0 Å². The number of primary amides is 1. The average Bonchev–Trinajstić information content (AvgIpc) is 2.18. The fraction of sp³-hybridized carbons (Fsp3) is 0.600. The highest BCUT2D eigenvalue weighted by Crippen LogP contribution is 2.10. The summed E-state index contributed by atoms with van der Waals surface area (Å²) in [6.45, 7) is 0. The van der Waals surface area contributed by atoms with Gasteiger partial charge in [-0.15, -0.1) is 0 Å². The first-order chi connectivity index (χ1) is 7.09. The van der Waals surface area contributed by atoms with E-state index < -0.39 is 11.9 Å². The Bertz CT molecular complexity index is 276. The van der Waals surface area contributed by atoms with Crippen LogP contribution < -0.4 is 16.8 Å². The molecule has 5 nitrogen and oxygen atoms in total. The summed E-state index contributed by atoms with van der Waals surface area (Å²) >= 11 is 0. The van der Waals surface area contributed by atoms with Crippen LogP contribution >= 0.6 is 0 Å². The number of carbonyl (C=O) groups is 2. The minimum Gasteiger partial charge on any atom is -0.370 e. The van der Waals surface area contributed by atoms with Crippen LogP contribution in [-0.2, 0) is 9.59 Å². The standard InChI is InChI=1S/C10H17N3O2/c11-8(6-9(12)14)10(15)13-7-4-2-1-3-5-7/h1-2,7-8H,3-6,11H2,(H2,12,14)(H,13,15). The molecule has 0 radical (unpaired) electrons. The number of carbonyl (C=O) groups excluding carboxylic acids is 2. The SMILES string of the molecule is NC(=O)CC(N)C(=O)NC1CC=CCC1. The molecule has 5 N–H and O–H groups in total. The van der Waals surface area contributed by atoms with Crippen LogP contribution in [0.5, 0.6) is 0 Å². The van der Waals surface area contributed by atoms with E-state index in [9.17, 15) is 9.59 Å². The Morgan fingerprint density at radius 3 is 2.73 bits per heavy atom. The molecule has 0 fully saturated rings. The quantitative estimate of drug-likeness (QED) is 0.542. The van der Waals surface area contributed by atoms with Gasteiger partial charge in [0.25, 0.3) is 0 Å². The Morgan fingerprint density at radius 2 is 2.20 bits per heavy atom. The van der Waals surface area contributed by atoms with E-state index >= 15 is 0 Å². The third kappa shape index (κ3) is 4.12. The topological polar surface area (TPSA) is 98.2 Å². The summed E-state index contributed by atoms with van der Waals surface area (Å²) in [5.41, 5.74) is 10.5. The highest BCUT2D eigenvalue weighted by atomic mass is 16.2. The van der Waals surface area contributed by atoms with Crippen molar-refractivity contribution in [3.8, 4) is 0 Å². The molecule has 0 heterocycles. The molecule has 1 aliphatic carbocycles. The minimum absolute atomic E-state index is 0.103. The lowest BCUT2D eigenvalue weighted by molar-refractivity contribution is -0.126. The zero-order chi connectivity index (χ0) is 11.3. The lowest BCUT2D eigenvalue weighted by Crippen LogP contribution is -2.47. The van der Waals surface area contributed by atoms with Gasteiger partial charge >= 0.3 is 0 Å². The molecule has 0 aromatic carbocycles. The van der Waals surface area contributed by atoms with Crippen LogP contribution in [0, 0.1) is 0 Å². The van der Waals surface area contributed by atoms with Crippen molar-refractivity contribution >= 4 is 11.8 Å². The van der Waals surface area contributed by atoms with Crippen LogP contribution in [0.25, 0.3) is 0 Å². The van der Waals surface area contributed by atoms with Crippen molar-refractivity contribution in [3.05, 3.63) is 12.2 Å².